The van der Waals surface area contributed by atoms with Gasteiger partial charge in [0.25, 0.3) is 0 Å². The van der Waals surface area contributed by atoms with Crippen LogP contribution >= 0.6 is 0 Å². The zero-order valence-electron chi connectivity index (χ0n) is 11.9. The summed E-state index contributed by atoms with van der Waals surface area (Å²) in [7, 11) is 0. The third-order valence-corrected chi connectivity index (χ3v) is 3.29. The van der Waals surface area contributed by atoms with Crippen molar-refractivity contribution in [3.05, 3.63) is 35.5 Å². The van der Waals surface area contributed by atoms with Crippen molar-refractivity contribution in [3.8, 4) is 11.3 Å². The van der Waals surface area contributed by atoms with Gasteiger partial charge in [0.2, 0.25) is 0 Å². The average Bonchev–Trinajstić information content (AvgIpc) is 2.89. The van der Waals surface area contributed by atoms with E-state index in [1.807, 2.05) is 0 Å². The summed E-state index contributed by atoms with van der Waals surface area (Å²) in [5.41, 5.74) is 0.966. The molecule has 0 fully saturated rings. The number of rotatable bonds is 7. The number of aldehydes is 1. The Morgan fingerprint density at radius 3 is 2.67 bits per heavy atom. The fraction of sp³-hybridized carbons (Fsp3) is 0.400. The van der Waals surface area contributed by atoms with Crippen molar-refractivity contribution < 1.29 is 13.6 Å². The summed E-state index contributed by atoms with van der Waals surface area (Å²) in [6.45, 7) is 2.71. The molecular weight excluding hydrogens is 276 g/mol. The molecule has 4 nitrogen and oxygen atoms in total. The maximum atomic E-state index is 13.4. The number of aromatic nitrogens is 3. The number of hydrogen-bond acceptors (Lipinski definition) is 3. The van der Waals surface area contributed by atoms with Gasteiger partial charge in [-0.15, -0.1) is 5.10 Å². The third-order valence-electron chi connectivity index (χ3n) is 3.29. The highest BCUT2D eigenvalue weighted by molar-refractivity contribution is 5.83. The van der Waals surface area contributed by atoms with Gasteiger partial charge in [0.05, 0.1) is 5.69 Å². The number of hydrogen-bond donors (Lipinski definition) is 0. The van der Waals surface area contributed by atoms with Crippen molar-refractivity contribution in [2.24, 2.45) is 0 Å². The quantitative estimate of drug-likeness (QED) is 0.578. The molecular formula is C15H17F2N3O. The van der Waals surface area contributed by atoms with Gasteiger partial charge in [0.1, 0.15) is 0 Å². The van der Waals surface area contributed by atoms with Crippen LogP contribution in [0.3, 0.4) is 0 Å². The van der Waals surface area contributed by atoms with E-state index in [9.17, 15) is 13.6 Å². The fourth-order valence-electron chi connectivity index (χ4n) is 2.19. The first-order valence-corrected chi connectivity index (χ1v) is 7.01. The maximum absolute atomic E-state index is 13.4. The van der Waals surface area contributed by atoms with Gasteiger partial charge >= 0.3 is 0 Å². The molecule has 21 heavy (non-hydrogen) atoms. The van der Waals surface area contributed by atoms with Crippen LogP contribution in [0.4, 0.5) is 8.78 Å². The van der Waals surface area contributed by atoms with Gasteiger partial charge in [-0.2, -0.15) is 0 Å². The van der Waals surface area contributed by atoms with E-state index in [4.69, 9.17) is 0 Å². The highest BCUT2D eigenvalue weighted by atomic mass is 19.2. The second kappa shape index (κ2) is 7.06. The molecule has 0 aliphatic carbocycles. The van der Waals surface area contributed by atoms with Crippen molar-refractivity contribution >= 4 is 6.29 Å². The summed E-state index contributed by atoms with van der Waals surface area (Å²) >= 11 is 0. The number of nitrogens with zero attached hydrogens (tertiary/aromatic N) is 3. The number of unbranched alkanes of at least 4 members (excludes halogenated alkanes) is 3. The van der Waals surface area contributed by atoms with Crippen molar-refractivity contribution in [1.82, 2.24) is 15.0 Å². The summed E-state index contributed by atoms with van der Waals surface area (Å²) in [6, 6.07) is 3.52. The number of benzene rings is 1. The van der Waals surface area contributed by atoms with Crippen molar-refractivity contribution in [1.29, 1.82) is 0 Å². The molecule has 6 heteroatoms. The molecule has 0 atom stereocenters. The van der Waals surface area contributed by atoms with E-state index in [2.05, 4.69) is 17.2 Å². The lowest BCUT2D eigenvalue weighted by molar-refractivity contribution is 0.111. The smallest absolute Gasteiger partial charge is 0.172 e. The topological polar surface area (TPSA) is 47.8 Å². The van der Waals surface area contributed by atoms with E-state index in [0.29, 0.717) is 24.1 Å². The first-order chi connectivity index (χ1) is 10.2. The maximum Gasteiger partial charge on any atom is 0.172 e. The van der Waals surface area contributed by atoms with Crippen molar-refractivity contribution in [3.63, 3.8) is 0 Å². The minimum Gasteiger partial charge on any atom is -0.296 e. The number of carbonyl (C=O) groups is 1. The lowest BCUT2D eigenvalue weighted by atomic mass is 10.1. The van der Waals surface area contributed by atoms with Crippen LogP contribution in [-0.2, 0) is 6.54 Å². The largest absolute Gasteiger partial charge is 0.296 e. The van der Waals surface area contributed by atoms with Gasteiger partial charge in [-0.1, -0.05) is 31.4 Å². The predicted octanol–water partition coefficient (Wildman–Crippen LogP) is 3.62. The lowest BCUT2D eigenvalue weighted by Crippen LogP contribution is -2.04. The Bertz CT molecular complexity index is 625. The molecule has 2 rings (SSSR count). The first kappa shape index (κ1) is 15.3. The second-order valence-corrected chi connectivity index (χ2v) is 4.85. The van der Waals surface area contributed by atoms with Crippen LogP contribution in [0, 0.1) is 11.6 Å². The average molecular weight is 293 g/mol. The van der Waals surface area contributed by atoms with Gasteiger partial charge in [-0.3, -0.25) is 4.79 Å². The third kappa shape index (κ3) is 3.51. The van der Waals surface area contributed by atoms with E-state index < -0.39 is 11.6 Å². The normalized spacial score (nSPS) is 10.8. The van der Waals surface area contributed by atoms with Crippen LogP contribution in [0.25, 0.3) is 11.3 Å². The monoisotopic (exact) mass is 293 g/mol. The Hall–Kier alpha value is -2.11. The van der Waals surface area contributed by atoms with Crippen molar-refractivity contribution in [2.45, 2.75) is 39.2 Å². The molecule has 0 amide bonds. The van der Waals surface area contributed by atoms with Crippen LogP contribution in [0.1, 0.15) is 43.1 Å². The molecule has 1 aromatic heterocycles. The number of halogens is 2. The van der Waals surface area contributed by atoms with E-state index in [0.717, 1.165) is 37.8 Å². The van der Waals surface area contributed by atoms with E-state index in [-0.39, 0.29) is 5.69 Å². The molecule has 1 aromatic carbocycles. The molecule has 0 unspecified atom stereocenters. The minimum absolute atomic E-state index is 0.136. The molecule has 0 radical (unpaired) electrons. The molecule has 0 N–H and O–H groups in total. The predicted molar refractivity (Wildman–Crippen MR) is 74.9 cm³/mol. The van der Waals surface area contributed by atoms with Crippen LogP contribution in [0.2, 0.25) is 0 Å². The second-order valence-electron chi connectivity index (χ2n) is 4.85. The Labute approximate surface area is 121 Å². The van der Waals surface area contributed by atoms with Crippen LogP contribution in [0.15, 0.2) is 18.2 Å². The van der Waals surface area contributed by atoms with Gasteiger partial charge in [-0.05, 0) is 24.6 Å². The van der Waals surface area contributed by atoms with Gasteiger partial charge < -0.3 is 0 Å². The molecule has 0 aliphatic heterocycles. The van der Waals surface area contributed by atoms with Gasteiger partial charge in [0, 0.05) is 12.1 Å². The Balaban J connectivity index is 2.29. The lowest BCUT2D eigenvalue weighted by Gasteiger charge is -2.07. The SMILES string of the molecule is CCCCCCn1nnc(C=O)c1-c1ccc(F)c(F)c1. The van der Waals surface area contributed by atoms with Crippen molar-refractivity contribution in [2.75, 3.05) is 0 Å². The molecule has 1 heterocycles. The molecule has 0 saturated heterocycles. The summed E-state index contributed by atoms with van der Waals surface area (Å²) in [5, 5.41) is 7.72. The molecule has 0 bridgehead atoms. The summed E-state index contributed by atoms with van der Waals surface area (Å²) in [6.07, 6.45) is 4.75. The van der Waals surface area contributed by atoms with E-state index in [1.165, 1.54) is 6.07 Å². The molecule has 0 spiro atoms. The van der Waals surface area contributed by atoms with Crippen LogP contribution in [-0.4, -0.2) is 21.3 Å². The molecule has 0 aliphatic rings. The summed E-state index contributed by atoms with van der Waals surface area (Å²) in [4.78, 5) is 11.1. The Morgan fingerprint density at radius 2 is 2.00 bits per heavy atom. The fourth-order valence-corrected chi connectivity index (χ4v) is 2.19. The molecule has 112 valence electrons. The number of aryl methyl sites for hydroxylation is 1. The van der Waals surface area contributed by atoms with Crippen LogP contribution < -0.4 is 0 Å². The van der Waals surface area contributed by atoms with Gasteiger partial charge in [0.15, 0.2) is 23.6 Å². The zero-order valence-corrected chi connectivity index (χ0v) is 11.9. The highest BCUT2D eigenvalue weighted by Crippen LogP contribution is 2.23. The Kier molecular flexibility index (Phi) is 5.14. The van der Waals surface area contributed by atoms with Crippen LogP contribution in [0.5, 0.6) is 0 Å². The molecule has 2 aromatic rings. The Morgan fingerprint density at radius 1 is 1.19 bits per heavy atom. The first-order valence-electron chi connectivity index (χ1n) is 7.01. The van der Waals surface area contributed by atoms with E-state index in [1.54, 1.807) is 4.68 Å². The standard InChI is InChI=1S/C15H17F2N3O/c1-2-3-4-5-8-20-15(14(10-21)18-19-20)11-6-7-12(16)13(17)9-11/h6-7,9-10H,2-5,8H2,1H3. The summed E-state index contributed by atoms with van der Waals surface area (Å²) < 4.78 is 28.0. The van der Waals surface area contributed by atoms with E-state index >= 15 is 0 Å². The minimum atomic E-state index is -0.955. The van der Waals surface area contributed by atoms with Gasteiger partial charge in [-0.25, -0.2) is 13.5 Å². The highest BCUT2D eigenvalue weighted by Gasteiger charge is 2.16. The number of carbonyl (C=O) groups excluding carboxylic acids is 1. The zero-order chi connectivity index (χ0) is 15.2. The summed E-state index contributed by atoms with van der Waals surface area (Å²) in [5.74, 6) is -1.88. The molecule has 0 saturated carbocycles.